The molecule has 0 radical (unpaired) electrons. The third-order valence-corrected chi connectivity index (χ3v) is 6.05. The predicted molar refractivity (Wildman–Crippen MR) is 132 cm³/mol. The number of alkyl halides is 3. The van der Waals surface area contributed by atoms with Crippen LogP contribution in [-0.2, 0) is 23.8 Å². The van der Waals surface area contributed by atoms with Gasteiger partial charge >= 0.3 is 12.1 Å². The summed E-state index contributed by atoms with van der Waals surface area (Å²) in [6.45, 7) is 3.67. The molecule has 0 aliphatic heterocycles. The van der Waals surface area contributed by atoms with E-state index in [9.17, 15) is 18.0 Å². The fourth-order valence-corrected chi connectivity index (χ4v) is 4.08. The molecule has 4 rings (SSSR count). The summed E-state index contributed by atoms with van der Waals surface area (Å²) in [6, 6.07) is 19.9. The normalized spacial score (nSPS) is 12.4. The fourth-order valence-electron chi connectivity index (χ4n) is 4.08. The van der Waals surface area contributed by atoms with Crippen LogP contribution in [0.2, 0.25) is 0 Å². The molecule has 4 aromatic rings. The number of hydrogen-bond donors (Lipinski definition) is 1. The zero-order valence-corrected chi connectivity index (χ0v) is 20.4. The molecule has 1 aromatic heterocycles. The Morgan fingerprint density at radius 1 is 1.03 bits per heavy atom. The maximum Gasteiger partial charge on any atom is 0.416 e. The fraction of sp³-hybridized carbons (Fsp3) is 0.241. The van der Waals surface area contributed by atoms with Crippen LogP contribution in [0.1, 0.15) is 46.2 Å². The number of benzene rings is 3. The average molecular weight is 510 g/mol. The lowest BCUT2D eigenvalue weighted by Crippen LogP contribution is -2.12. The molecule has 0 aliphatic rings. The number of aliphatic carboxylic acids is 1. The standard InChI is InChI=1S/C29H26F3NO4/c1-18-16-24(14-10-21(18)11-15-26(34)35)36-25(17-20-6-4-3-5-7-20)27-19(2)33-28(37-27)22-8-12-23(13-9-22)29(30,31)32/h3-10,12-14,16,25H,11,15,17H2,1-2H3,(H,34,35). The highest BCUT2D eigenvalue weighted by atomic mass is 19.4. The molecule has 1 atom stereocenters. The Morgan fingerprint density at radius 2 is 1.73 bits per heavy atom. The van der Waals surface area contributed by atoms with Gasteiger partial charge in [-0.3, -0.25) is 4.79 Å². The summed E-state index contributed by atoms with van der Waals surface area (Å²) in [5.74, 6) is 0.422. The zero-order valence-electron chi connectivity index (χ0n) is 20.4. The summed E-state index contributed by atoms with van der Waals surface area (Å²) < 4.78 is 51.3. The van der Waals surface area contributed by atoms with Gasteiger partial charge in [0.05, 0.1) is 11.3 Å². The Kier molecular flexibility index (Phi) is 7.66. The number of rotatable bonds is 9. The minimum atomic E-state index is -4.42. The molecule has 0 spiro atoms. The Bertz CT molecular complexity index is 1360. The van der Waals surface area contributed by atoms with Crippen LogP contribution in [0.15, 0.2) is 77.2 Å². The van der Waals surface area contributed by atoms with Crippen LogP contribution in [0.25, 0.3) is 11.5 Å². The number of aromatic nitrogens is 1. The summed E-state index contributed by atoms with van der Waals surface area (Å²) >= 11 is 0. The van der Waals surface area contributed by atoms with E-state index < -0.39 is 23.8 Å². The SMILES string of the molecule is Cc1cc(OC(Cc2ccccc2)c2oc(-c3ccc(C(F)(F)F)cc3)nc2C)ccc1CCC(=O)O. The van der Waals surface area contributed by atoms with Crippen molar-refractivity contribution in [1.82, 2.24) is 4.98 Å². The van der Waals surface area contributed by atoms with Crippen molar-refractivity contribution in [3.05, 3.63) is 107 Å². The average Bonchev–Trinajstić information content (AvgIpc) is 3.25. The van der Waals surface area contributed by atoms with Crippen LogP contribution >= 0.6 is 0 Å². The Morgan fingerprint density at radius 3 is 2.35 bits per heavy atom. The Balaban J connectivity index is 1.63. The van der Waals surface area contributed by atoms with Gasteiger partial charge in [0.25, 0.3) is 0 Å². The van der Waals surface area contributed by atoms with Crippen molar-refractivity contribution >= 4 is 5.97 Å². The van der Waals surface area contributed by atoms with E-state index in [2.05, 4.69) is 4.98 Å². The van der Waals surface area contributed by atoms with Gasteiger partial charge in [-0.05, 0) is 73.4 Å². The molecule has 192 valence electrons. The van der Waals surface area contributed by atoms with Crippen LogP contribution in [0.3, 0.4) is 0 Å². The quantitative estimate of drug-likeness (QED) is 0.255. The minimum Gasteiger partial charge on any atom is -0.482 e. The number of aryl methyl sites for hydroxylation is 3. The van der Waals surface area contributed by atoms with Crippen LogP contribution in [0.4, 0.5) is 13.2 Å². The molecule has 37 heavy (non-hydrogen) atoms. The highest BCUT2D eigenvalue weighted by molar-refractivity contribution is 5.67. The molecule has 5 nitrogen and oxygen atoms in total. The number of nitrogens with zero attached hydrogens (tertiary/aromatic N) is 1. The molecule has 0 saturated heterocycles. The molecule has 0 saturated carbocycles. The van der Waals surface area contributed by atoms with Gasteiger partial charge in [-0.15, -0.1) is 0 Å². The molecule has 0 bridgehead atoms. The van der Waals surface area contributed by atoms with E-state index >= 15 is 0 Å². The van der Waals surface area contributed by atoms with E-state index in [4.69, 9.17) is 14.3 Å². The highest BCUT2D eigenvalue weighted by Gasteiger charge is 2.30. The lowest BCUT2D eigenvalue weighted by atomic mass is 10.0. The van der Waals surface area contributed by atoms with E-state index in [0.717, 1.165) is 28.8 Å². The van der Waals surface area contributed by atoms with Gasteiger partial charge in [-0.2, -0.15) is 13.2 Å². The number of ether oxygens (including phenoxy) is 1. The van der Waals surface area contributed by atoms with Gasteiger partial charge in [0.15, 0.2) is 11.9 Å². The lowest BCUT2D eigenvalue weighted by molar-refractivity contribution is -0.138. The Labute approximate surface area is 212 Å². The van der Waals surface area contributed by atoms with E-state index in [1.807, 2.05) is 49.4 Å². The minimum absolute atomic E-state index is 0.0433. The molecule has 0 amide bonds. The molecule has 8 heteroatoms. The molecule has 0 fully saturated rings. The zero-order chi connectivity index (χ0) is 26.6. The number of hydrogen-bond acceptors (Lipinski definition) is 4. The van der Waals surface area contributed by atoms with Crippen molar-refractivity contribution in [2.75, 3.05) is 0 Å². The molecular weight excluding hydrogens is 483 g/mol. The van der Waals surface area contributed by atoms with Crippen molar-refractivity contribution in [2.45, 2.75) is 45.4 Å². The molecule has 0 aliphatic carbocycles. The second-order valence-electron chi connectivity index (χ2n) is 8.82. The van der Waals surface area contributed by atoms with E-state index in [1.165, 1.54) is 12.1 Å². The number of oxazole rings is 1. The summed E-state index contributed by atoms with van der Waals surface area (Å²) in [6.07, 6.45) is -4.04. The number of halogens is 3. The summed E-state index contributed by atoms with van der Waals surface area (Å²) in [4.78, 5) is 15.4. The van der Waals surface area contributed by atoms with E-state index in [-0.39, 0.29) is 12.3 Å². The smallest absolute Gasteiger partial charge is 0.416 e. The van der Waals surface area contributed by atoms with Gasteiger partial charge in [-0.25, -0.2) is 4.98 Å². The number of carboxylic acid groups (broad SMARTS) is 1. The summed E-state index contributed by atoms with van der Waals surface area (Å²) in [5, 5.41) is 8.97. The second kappa shape index (κ2) is 10.9. The first-order valence-corrected chi connectivity index (χ1v) is 11.8. The van der Waals surface area contributed by atoms with Gasteiger partial charge in [0.2, 0.25) is 5.89 Å². The predicted octanol–water partition coefficient (Wildman–Crippen LogP) is 7.36. The molecule has 1 heterocycles. The van der Waals surface area contributed by atoms with Crippen molar-refractivity contribution in [2.24, 2.45) is 0 Å². The first-order chi connectivity index (χ1) is 17.6. The Hall–Kier alpha value is -4.07. The molecule has 1 unspecified atom stereocenters. The monoisotopic (exact) mass is 509 g/mol. The maximum absolute atomic E-state index is 13.0. The van der Waals surface area contributed by atoms with Crippen molar-refractivity contribution < 1.29 is 32.2 Å². The molecule has 3 aromatic carbocycles. The topological polar surface area (TPSA) is 72.6 Å². The summed E-state index contributed by atoms with van der Waals surface area (Å²) in [7, 11) is 0. The van der Waals surface area contributed by atoms with Gasteiger partial charge < -0.3 is 14.3 Å². The number of carboxylic acids is 1. The third kappa shape index (κ3) is 6.58. The van der Waals surface area contributed by atoms with Crippen molar-refractivity contribution in [3.8, 4) is 17.2 Å². The third-order valence-electron chi connectivity index (χ3n) is 6.05. The van der Waals surface area contributed by atoms with Gasteiger partial charge in [-0.1, -0.05) is 36.4 Å². The second-order valence-corrected chi connectivity index (χ2v) is 8.82. The van der Waals surface area contributed by atoms with Crippen LogP contribution in [0.5, 0.6) is 5.75 Å². The first-order valence-electron chi connectivity index (χ1n) is 11.8. The largest absolute Gasteiger partial charge is 0.482 e. The first kappa shape index (κ1) is 26.0. The summed E-state index contributed by atoms with van der Waals surface area (Å²) in [5.41, 5.74) is 3.11. The van der Waals surface area contributed by atoms with Gasteiger partial charge in [0, 0.05) is 18.4 Å². The molecule has 1 N–H and O–H groups in total. The number of carbonyl (C=O) groups is 1. The van der Waals surface area contributed by atoms with Crippen LogP contribution < -0.4 is 4.74 Å². The molecular formula is C29H26F3NO4. The maximum atomic E-state index is 13.0. The van der Waals surface area contributed by atoms with Crippen molar-refractivity contribution in [3.63, 3.8) is 0 Å². The highest BCUT2D eigenvalue weighted by Crippen LogP contribution is 2.34. The van der Waals surface area contributed by atoms with Crippen LogP contribution in [0, 0.1) is 13.8 Å². The lowest BCUT2D eigenvalue weighted by Gasteiger charge is -2.19. The van der Waals surface area contributed by atoms with E-state index in [1.54, 1.807) is 13.0 Å². The van der Waals surface area contributed by atoms with Crippen molar-refractivity contribution in [1.29, 1.82) is 0 Å². The van der Waals surface area contributed by atoms with Gasteiger partial charge in [0.1, 0.15) is 5.75 Å². The van der Waals surface area contributed by atoms with E-state index in [0.29, 0.717) is 35.6 Å². The van der Waals surface area contributed by atoms with Crippen LogP contribution in [-0.4, -0.2) is 16.1 Å².